The number of thioether (sulfide) groups is 1. The highest BCUT2D eigenvalue weighted by molar-refractivity contribution is 8.15. The first kappa shape index (κ1) is 23.5. The molecule has 0 spiro atoms. The van der Waals surface area contributed by atoms with Gasteiger partial charge >= 0.3 is 0 Å². The van der Waals surface area contributed by atoms with Crippen LogP contribution in [0.5, 0.6) is 17.2 Å². The van der Waals surface area contributed by atoms with Gasteiger partial charge in [0.05, 0.1) is 20.8 Å². The number of carbonyl (C=O) groups is 2. The number of anilines is 1. The summed E-state index contributed by atoms with van der Waals surface area (Å²) in [5.74, 6) is 1.56. The summed E-state index contributed by atoms with van der Waals surface area (Å²) in [6.45, 7) is 4.82. The Hall–Kier alpha value is -3.20. The van der Waals surface area contributed by atoms with Crippen LogP contribution in [0.15, 0.2) is 47.5 Å². The zero-order valence-electron chi connectivity index (χ0n) is 18.6. The lowest BCUT2D eigenvalue weighted by molar-refractivity contribution is -0.128. The van der Waals surface area contributed by atoms with Gasteiger partial charge in [-0.15, -0.1) is 0 Å². The Bertz CT molecular complexity index is 994. The fourth-order valence-corrected chi connectivity index (χ4v) is 4.39. The molecule has 170 valence electrons. The summed E-state index contributed by atoms with van der Waals surface area (Å²) in [6, 6.07) is 12.4. The molecule has 1 saturated heterocycles. The molecule has 3 rings (SSSR count). The Kier molecular flexibility index (Phi) is 7.99. The number of rotatable bonds is 9. The van der Waals surface area contributed by atoms with Gasteiger partial charge in [0.2, 0.25) is 11.8 Å². The Morgan fingerprint density at radius 3 is 2.44 bits per heavy atom. The first-order valence-corrected chi connectivity index (χ1v) is 11.2. The molecule has 9 heteroatoms. The van der Waals surface area contributed by atoms with Crippen molar-refractivity contribution in [3.8, 4) is 17.2 Å². The molecule has 1 aliphatic heterocycles. The molecule has 1 atom stereocenters. The summed E-state index contributed by atoms with van der Waals surface area (Å²) in [5.41, 5.74) is 1.24. The third-order valence-corrected chi connectivity index (χ3v) is 5.93. The maximum atomic E-state index is 12.9. The molecule has 1 unspecified atom stereocenters. The molecule has 0 aromatic heterocycles. The van der Waals surface area contributed by atoms with E-state index < -0.39 is 5.25 Å². The number of methoxy groups -OCH3 is 2. The number of ether oxygens (including phenoxy) is 3. The van der Waals surface area contributed by atoms with Gasteiger partial charge in [-0.3, -0.25) is 14.5 Å². The highest BCUT2D eigenvalue weighted by Gasteiger charge is 2.38. The summed E-state index contributed by atoms with van der Waals surface area (Å²) in [6.07, 6.45) is 0.0476. The van der Waals surface area contributed by atoms with Gasteiger partial charge in [-0.2, -0.15) is 0 Å². The molecule has 1 N–H and O–H groups in total. The lowest BCUT2D eigenvalue weighted by Crippen LogP contribution is -2.33. The molecule has 1 fully saturated rings. The van der Waals surface area contributed by atoms with Crippen LogP contribution in [0.1, 0.15) is 20.3 Å². The van der Waals surface area contributed by atoms with Crippen molar-refractivity contribution in [3.05, 3.63) is 42.5 Å². The van der Waals surface area contributed by atoms with Crippen molar-refractivity contribution in [2.45, 2.75) is 25.5 Å². The van der Waals surface area contributed by atoms with Crippen molar-refractivity contribution in [2.75, 3.05) is 32.7 Å². The lowest BCUT2D eigenvalue weighted by atomic mass is 10.2. The van der Waals surface area contributed by atoms with Crippen LogP contribution in [0.2, 0.25) is 0 Å². The lowest BCUT2D eigenvalue weighted by Gasteiger charge is -2.14. The molecule has 2 aromatic rings. The number of carbonyl (C=O) groups excluding carboxylic acids is 2. The second-order valence-corrected chi connectivity index (χ2v) is 8.00. The smallest absolute Gasteiger partial charge is 0.242 e. The number of nitrogens with one attached hydrogen (secondary N) is 1. The van der Waals surface area contributed by atoms with E-state index >= 15 is 0 Å². The second kappa shape index (κ2) is 10.9. The standard InChI is InChI=1S/C23H27N3O5S/c1-5-26-22(28)20(14-21(27)24-15-7-9-16(10-8-15)31-6-2)32-23(26)25-18-12-11-17(29-3)13-19(18)30-4/h7-13,20H,5-6,14H2,1-4H3,(H,24,27). The maximum Gasteiger partial charge on any atom is 0.242 e. The largest absolute Gasteiger partial charge is 0.497 e. The summed E-state index contributed by atoms with van der Waals surface area (Å²) < 4.78 is 16.0. The predicted molar refractivity (Wildman–Crippen MR) is 126 cm³/mol. The van der Waals surface area contributed by atoms with Crippen molar-refractivity contribution in [2.24, 2.45) is 4.99 Å². The zero-order valence-corrected chi connectivity index (χ0v) is 19.4. The molecule has 2 amide bonds. The topological polar surface area (TPSA) is 89.5 Å². The number of amides is 2. The molecule has 1 aliphatic rings. The number of hydrogen-bond donors (Lipinski definition) is 1. The Morgan fingerprint density at radius 1 is 1.09 bits per heavy atom. The Morgan fingerprint density at radius 2 is 1.81 bits per heavy atom. The SMILES string of the molecule is CCOc1ccc(NC(=O)CC2SC(=Nc3ccc(OC)cc3OC)N(CC)C2=O)cc1. The van der Waals surface area contributed by atoms with Crippen molar-refractivity contribution in [1.82, 2.24) is 4.90 Å². The fourth-order valence-electron chi connectivity index (χ4n) is 3.18. The van der Waals surface area contributed by atoms with Gasteiger partial charge in [0.15, 0.2) is 5.17 Å². The monoisotopic (exact) mass is 457 g/mol. The first-order valence-electron chi connectivity index (χ1n) is 10.3. The molecule has 0 radical (unpaired) electrons. The van der Waals surface area contributed by atoms with E-state index in [1.165, 1.54) is 11.8 Å². The van der Waals surface area contributed by atoms with E-state index in [9.17, 15) is 9.59 Å². The minimum atomic E-state index is -0.541. The molecule has 0 saturated carbocycles. The molecule has 0 bridgehead atoms. The van der Waals surface area contributed by atoms with E-state index in [0.29, 0.717) is 41.2 Å². The minimum absolute atomic E-state index is 0.0476. The van der Waals surface area contributed by atoms with E-state index in [-0.39, 0.29) is 18.2 Å². The van der Waals surface area contributed by atoms with E-state index in [0.717, 1.165) is 5.75 Å². The van der Waals surface area contributed by atoms with Gasteiger partial charge in [-0.25, -0.2) is 4.99 Å². The van der Waals surface area contributed by atoms with Gasteiger partial charge in [0.1, 0.15) is 28.2 Å². The third kappa shape index (κ3) is 5.53. The van der Waals surface area contributed by atoms with Crippen LogP contribution in [-0.2, 0) is 9.59 Å². The third-order valence-electron chi connectivity index (χ3n) is 4.76. The van der Waals surface area contributed by atoms with E-state index in [4.69, 9.17) is 14.2 Å². The first-order chi connectivity index (χ1) is 15.5. The molecule has 8 nitrogen and oxygen atoms in total. The normalized spacial score (nSPS) is 16.9. The summed E-state index contributed by atoms with van der Waals surface area (Å²) in [5, 5.41) is 2.84. The Labute approximate surface area is 191 Å². The molecule has 0 aliphatic carbocycles. The van der Waals surface area contributed by atoms with E-state index in [2.05, 4.69) is 10.3 Å². The molecular weight excluding hydrogens is 430 g/mol. The van der Waals surface area contributed by atoms with E-state index in [1.807, 2.05) is 13.8 Å². The summed E-state index contributed by atoms with van der Waals surface area (Å²) in [4.78, 5) is 31.6. The van der Waals surface area contributed by atoms with Gasteiger partial charge in [-0.05, 0) is 50.2 Å². The zero-order chi connectivity index (χ0) is 23.1. The molecule has 32 heavy (non-hydrogen) atoms. The van der Waals surface area contributed by atoms with Crippen LogP contribution >= 0.6 is 11.8 Å². The number of aliphatic imine (C=N–C) groups is 1. The number of nitrogens with zero attached hydrogens (tertiary/aromatic N) is 2. The summed E-state index contributed by atoms with van der Waals surface area (Å²) >= 11 is 1.28. The second-order valence-electron chi connectivity index (χ2n) is 6.83. The van der Waals surface area contributed by atoms with Crippen molar-refractivity contribution in [3.63, 3.8) is 0 Å². The maximum absolute atomic E-state index is 12.9. The van der Waals surface area contributed by atoms with E-state index in [1.54, 1.807) is 61.6 Å². The van der Waals surface area contributed by atoms with Gasteiger partial charge in [0.25, 0.3) is 0 Å². The quantitative estimate of drug-likeness (QED) is 0.610. The highest BCUT2D eigenvalue weighted by Crippen LogP contribution is 2.36. The molecule has 1 heterocycles. The summed E-state index contributed by atoms with van der Waals surface area (Å²) in [7, 11) is 3.13. The minimum Gasteiger partial charge on any atom is -0.497 e. The fraction of sp³-hybridized carbons (Fsp3) is 0.348. The van der Waals surface area contributed by atoms with Crippen LogP contribution in [0.25, 0.3) is 0 Å². The van der Waals surface area contributed by atoms with Gasteiger partial charge < -0.3 is 19.5 Å². The molecular formula is C23H27N3O5S. The van der Waals surface area contributed by atoms with Crippen LogP contribution in [0.3, 0.4) is 0 Å². The van der Waals surface area contributed by atoms with Crippen molar-refractivity contribution >= 4 is 40.1 Å². The van der Waals surface area contributed by atoms with Gasteiger partial charge in [-0.1, -0.05) is 11.8 Å². The van der Waals surface area contributed by atoms with Crippen LogP contribution in [-0.4, -0.2) is 54.5 Å². The van der Waals surface area contributed by atoms with Crippen molar-refractivity contribution in [1.29, 1.82) is 0 Å². The van der Waals surface area contributed by atoms with Crippen LogP contribution in [0, 0.1) is 0 Å². The van der Waals surface area contributed by atoms with Crippen LogP contribution in [0.4, 0.5) is 11.4 Å². The van der Waals surface area contributed by atoms with Gasteiger partial charge in [0, 0.05) is 24.7 Å². The highest BCUT2D eigenvalue weighted by atomic mass is 32.2. The predicted octanol–water partition coefficient (Wildman–Crippen LogP) is 4.08. The molecule has 2 aromatic carbocycles. The number of benzene rings is 2. The average Bonchev–Trinajstić information content (AvgIpc) is 3.09. The van der Waals surface area contributed by atoms with Crippen LogP contribution < -0.4 is 19.5 Å². The average molecular weight is 458 g/mol. The van der Waals surface area contributed by atoms with Crippen molar-refractivity contribution < 1.29 is 23.8 Å². The number of amidine groups is 1. The number of hydrogen-bond acceptors (Lipinski definition) is 7. The Balaban J connectivity index is 1.71.